The minimum absolute atomic E-state index is 0.0885. The molecule has 0 aliphatic heterocycles. The van der Waals surface area contributed by atoms with Crippen molar-refractivity contribution in [3.8, 4) is 0 Å². The van der Waals surface area contributed by atoms with Gasteiger partial charge in [0.15, 0.2) is 0 Å². The Balaban J connectivity index is 3.21. The Hall–Kier alpha value is -0.190. The van der Waals surface area contributed by atoms with Gasteiger partial charge in [0.25, 0.3) is 13.6 Å². The third kappa shape index (κ3) is 3.63. The van der Waals surface area contributed by atoms with Crippen LogP contribution in [0.25, 0.3) is 0 Å². The highest BCUT2D eigenvalue weighted by atomic mass is 35.5. The van der Waals surface area contributed by atoms with Gasteiger partial charge in [-0.2, -0.15) is 0 Å². The van der Waals surface area contributed by atoms with Gasteiger partial charge in [-0.3, -0.25) is 13.7 Å². The molecule has 9 heteroatoms. The molecule has 0 aliphatic carbocycles. The van der Waals surface area contributed by atoms with Crippen molar-refractivity contribution in [3.05, 3.63) is 35.4 Å². The Labute approximate surface area is 104 Å². The lowest BCUT2D eigenvalue weighted by atomic mass is 10.1. The monoisotopic (exact) mass is 300 g/mol. The molecule has 0 saturated carbocycles. The summed E-state index contributed by atoms with van der Waals surface area (Å²) in [6.45, 7) is 0. The summed E-state index contributed by atoms with van der Waals surface area (Å²) in [6.07, 6.45) is 0. The molecule has 6 nitrogen and oxygen atoms in total. The van der Waals surface area contributed by atoms with E-state index < -0.39 is 21.8 Å². The van der Waals surface area contributed by atoms with Crippen molar-refractivity contribution >= 4 is 27.9 Å². The summed E-state index contributed by atoms with van der Waals surface area (Å²) in [4.78, 5) is 17.7. The topological polar surface area (TPSA) is 104 Å². The number of hydrogen-bond acceptors (Lipinski definition) is 4. The highest BCUT2D eigenvalue weighted by molar-refractivity contribution is 7.40. The first-order chi connectivity index (χ1) is 7.90. The quantitative estimate of drug-likeness (QED) is 0.431. The number of aliphatic hydroxyl groups is 1. The van der Waals surface area contributed by atoms with Gasteiger partial charge < -0.3 is 14.9 Å². The zero-order valence-corrected chi connectivity index (χ0v) is 11.2. The Kier molecular flexibility index (Phi) is 5.35. The van der Waals surface area contributed by atoms with Crippen LogP contribution in [0.1, 0.15) is 11.1 Å². The first-order valence-corrected chi connectivity index (χ1v) is 7.58. The number of hydrogen-bond donors (Lipinski definition) is 3. The van der Waals surface area contributed by atoms with Crippen LogP contribution in [-0.2, 0) is 25.1 Å². The van der Waals surface area contributed by atoms with E-state index in [0.717, 1.165) is 0 Å². The van der Waals surface area contributed by atoms with Crippen molar-refractivity contribution in [2.24, 2.45) is 0 Å². The molecule has 0 aliphatic rings. The van der Waals surface area contributed by atoms with Crippen molar-refractivity contribution in [3.63, 3.8) is 0 Å². The average Bonchev–Trinajstić information content (AvgIpc) is 2.28. The molecule has 0 amide bonds. The Morgan fingerprint density at radius 2 is 2.00 bits per heavy atom. The highest BCUT2D eigenvalue weighted by Gasteiger charge is 2.38. The summed E-state index contributed by atoms with van der Waals surface area (Å²) in [7, 11) is -7.21. The number of alkyl halides is 1. The van der Waals surface area contributed by atoms with E-state index in [9.17, 15) is 14.2 Å². The lowest BCUT2D eigenvalue weighted by Gasteiger charge is -2.24. The van der Waals surface area contributed by atoms with E-state index in [4.69, 9.17) is 21.4 Å². The van der Waals surface area contributed by atoms with Crippen LogP contribution >= 0.6 is 27.9 Å². The van der Waals surface area contributed by atoms with Crippen LogP contribution in [0.2, 0.25) is 0 Å². The molecule has 1 aromatic carbocycles. The second-order valence-corrected chi connectivity index (χ2v) is 5.44. The summed E-state index contributed by atoms with van der Waals surface area (Å²) in [6, 6.07) is 5.75. The van der Waals surface area contributed by atoms with Gasteiger partial charge in [0, 0.05) is 11.4 Å². The summed E-state index contributed by atoms with van der Waals surface area (Å²) in [5.74, 6) is 0.130. The fraction of sp³-hybridized carbons (Fsp3) is 0.250. The molecule has 0 radical (unpaired) electrons. The minimum Gasteiger partial charge on any atom is -0.354 e. The van der Waals surface area contributed by atoms with E-state index in [1.807, 2.05) is 0 Å². The predicted octanol–water partition coefficient (Wildman–Crippen LogP) is 1.39. The van der Waals surface area contributed by atoms with Crippen molar-refractivity contribution in [1.82, 2.24) is 0 Å². The van der Waals surface area contributed by atoms with Gasteiger partial charge in [-0.25, -0.2) is 0 Å². The van der Waals surface area contributed by atoms with Crippen molar-refractivity contribution in [1.29, 1.82) is 0 Å². The van der Waals surface area contributed by atoms with E-state index in [-0.39, 0.29) is 11.4 Å². The second kappa shape index (κ2) is 6.12. The number of benzene rings is 1. The second-order valence-electron chi connectivity index (χ2n) is 3.15. The molecule has 0 saturated heterocycles. The van der Waals surface area contributed by atoms with Gasteiger partial charge in [0.05, 0.1) is 0 Å². The zero-order valence-electron chi connectivity index (χ0n) is 8.46. The fourth-order valence-electron chi connectivity index (χ4n) is 1.22. The molecule has 3 atom stereocenters. The average molecular weight is 301 g/mol. The molecule has 3 unspecified atom stereocenters. The third-order valence-corrected chi connectivity index (χ3v) is 3.95. The first-order valence-electron chi connectivity index (χ1n) is 4.43. The molecule has 17 heavy (non-hydrogen) atoms. The van der Waals surface area contributed by atoms with E-state index in [0.29, 0.717) is 5.56 Å². The van der Waals surface area contributed by atoms with Crippen molar-refractivity contribution in [2.45, 2.75) is 11.4 Å². The smallest absolute Gasteiger partial charge is 0.319 e. The Morgan fingerprint density at radius 3 is 2.47 bits per heavy atom. The molecule has 0 aromatic heterocycles. The summed E-state index contributed by atoms with van der Waals surface area (Å²) < 4.78 is 26.0. The van der Waals surface area contributed by atoms with Gasteiger partial charge in [0.2, 0.25) is 0 Å². The molecule has 0 spiro atoms. The van der Waals surface area contributed by atoms with Crippen LogP contribution in [0.4, 0.5) is 0 Å². The van der Waals surface area contributed by atoms with Gasteiger partial charge in [-0.15, -0.1) is 11.6 Å². The maximum absolute atomic E-state index is 11.1. The lowest BCUT2D eigenvalue weighted by molar-refractivity contribution is -0.0741. The maximum atomic E-state index is 11.1. The van der Waals surface area contributed by atoms with Crippen LogP contribution in [0.3, 0.4) is 0 Å². The van der Waals surface area contributed by atoms with Crippen LogP contribution in [0.15, 0.2) is 24.3 Å². The van der Waals surface area contributed by atoms with Gasteiger partial charge >= 0.3 is 8.25 Å². The largest absolute Gasteiger partial charge is 0.354 e. The lowest BCUT2D eigenvalue weighted by Crippen LogP contribution is -2.22. The van der Waals surface area contributed by atoms with Crippen LogP contribution in [0.5, 0.6) is 0 Å². The molecular weight excluding hydrogens is 289 g/mol. The Morgan fingerprint density at radius 1 is 1.35 bits per heavy atom. The highest BCUT2D eigenvalue weighted by Crippen LogP contribution is 2.48. The standard InChI is InChI=1S/C8H11ClO6P2/c9-5-6-2-1-3-7(4-6)8(10,16(11)12)15-17(13)14/h1-4,10,16-17H,5H2,(H,11,12)(H,13,14). The van der Waals surface area contributed by atoms with Gasteiger partial charge in [0.1, 0.15) is 0 Å². The van der Waals surface area contributed by atoms with Crippen molar-refractivity contribution < 1.29 is 28.5 Å². The molecular formula is C8H11ClO6P2. The first kappa shape index (κ1) is 14.9. The SMILES string of the molecule is O=[PH](O)OC(O)(c1cccc(CCl)c1)[PH](=O)O. The van der Waals surface area contributed by atoms with Crippen molar-refractivity contribution in [2.75, 3.05) is 0 Å². The fourth-order valence-corrected chi connectivity index (χ4v) is 2.77. The Bertz CT molecular complexity index is 453. The normalized spacial score (nSPS) is 18.4. The molecule has 1 rings (SSSR count). The summed E-state index contributed by atoms with van der Waals surface area (Å²) in [5, 5.41) is 9.83. The van der Waals surface area contributed by atoms with E-state index >= 15 is 0 Å². The molecule has 0 fully saturated rings. The molecule has 1 aromatic rings. The minimum atomic E-state index is -3.64. The third-order valence-electron chi connectivity index (χ3n) is 2.00. The number of rotatable bonds is 5. The summed E-state index contributed by atoms with van der Waals surface area (Å²) in [5.41, 5.74) is -2.18. The van der Waals surface area contributed by atoms with Crippen LogP contribution < -0.4 is 0 Å². The van der Waals surface area contributed by atoms with E-state index in [1.54, 1.807) is 6.07 Å². The van der Waals surface area contributed by atoms with E-state index in [1.165, 1.54) is 18.2 Å². The van der Waals surface area contributed by atoms with E-state index in [2.05, 4.69) is 4.52 Å². The van der Waals surface area contributed by atoms with Crippen LogP contribution in [-0.4, -0.2) is 14.9 Å². The van der Waals surface area contributed by atoms with Gasteiger partial charge in [-0.05, 0) is 11.6 Å². The molecule has 0 heterocycles. The van der Waals surface area contributed by atoms with Crippen LogP contribution in [0, 0.1) is 0 Å². The zero-order chi connectivity index (χ0) is 13.1. The summed E-state index contributed by atoms with van der Waals surface area (Å²) >= 11 is 5.57. The maximum Gasteiger partial charge on any atom is 0.319 e. The van der Waals surface area contributed by atoms with Gasteiger partial charge in [-0.1, -0.05) is 18.2 Å². The molecule has 3 N–H and O–H groups in total. The number of halogens is 1. The molecule has 96 valence electrons. The predicted molar refractivity (Wildman–Crippen MR) is 63.4 cm³/mol. The molecule has 0 bridgehead atoms.